The number of rotatable bonds is 6. The molecule has 1 fully saturated rings. The molecule has 1 atom stereocenters. The van der Waals surface area contributed by atoms with Crippen LogP contribution in [0.15, 0.2) is 29.4 Å². The minimum Gasteiger partial charge on any atom is -0.466 e. The summed E-state index contributed by atoms with van der Waals surface area (Å²) >= 11 is 1.30. The van der Waals surface area contributed by atoms with Gasteiger partial charge in [0.1, 0.15) is 0 Å². The number of aryl methyl sites for hydroxylation is 1. The molecule has 1 aromatic heterocycles. The Balaban J connectivity index is 1.53. The highest BCUT2D eigenvalue weighted by Crippen LogP contribution is 2.22. The molecule has 27 heavy (non-hydrogen) atoms. The maximum absolute atomic E-state index is 12.5. The van der Waals surface area contributed by atoms with E-state index >= 15 is 0 Å². The second kappa shape index (κ2) is 9.03. The van der Waals surface area contributed by atoms with Gasteiger partial charge in [-0.05, 0) is 26.7 Å². The summed E-state index contributed by atoms with van der Waals surface area (Å²) < 4.78 is 5.08. The summed E-state index contributed by atoms with van der Waals surface area (Å²) in [6.45, 7) is 5.30. The molecule has 1 aliphatic heterocycles. The Morgan fingerprint density at radius 1 is 1.33 bits per heavy atom. The van der Waals surface area contributed by atoms with E-state index in [1.807, 2.05) is 31.2 Å². The SMILES string of the molecule is CCOC(=O)[C@@H]1CCCN(C(=O)CSc2n[nH]c(-c3ccc(C)cc3)n2)C1. The van der Waals surface area contributed by atoms with E-state index in [1.54, 1.807) is 11.8 Å². The predicted octanol–water partition coefficient (Wildman–Crippen LogP) is 2.67. The number of nitrogens with zero attached hydrogens (tertiary/aromatic N) is 3. The van der Waals surface area contributed by atoms with Crippen molar-refractivity contribution in [3.8, 4) is 11.4 Å². The Kier molecular flexibility index (Phi) is 6.49. The fourth-order valence-electron chi connectivity index (χ4n) is 3.03. The molecule has 2 heterocycles. The van der Waals surface area contributed by atoms with E-state index in [0.29, 0.717) is 30.7 Å². The van der Waals surface area contributed by atoms with Gasteiger partial charge in [-0.25, -0.2) is 4.98 Å². The Bertz CT molecular complexity index is 791. The van der Waals surface area contributed by atoms with Crippen LogP contribution in [-0.2, 0) is 14.3 Å². The molecule has 0 spiro atoms. The van der Waals surface area contributed by atoms with Crippen LogP contribution in [0.25, 0.3) is 11.4 Å². The second-order valence-corrected chi connectivity index (χ2v) is 7.49. The normalized spacial score (nSPS) is 17.0. The molecule has 1 saturated heterocycles. The highest BCUT2D eigenvalue weighted by Gasteiger charge is 2.29. The van der Waals surface area contributed by atoms with Crippen molar-refractivity contribution in [3.63, 3.8) is 0 Å². The molecule has 3 rings (SSSR count). The van der Waals surface area contributed by atoms with Gasteiger partial charge < -0.3 is 9.64 Å². The number of H-pyrrole nitrogens is 1. The number of ether oxygens (including phenoxy) is 1. The lowest BCUT2D eigenvalue weighted by Gasteiger charge is -2.31. The van der Waals surface area contributed by atoms with Gasteiger partial charge in [-0.1, -0.05) is 41.6 Å². The van der Waals surface area contributed by atoms with Crippen molar-refractivity contribution in [2.45, 2.75) is 31.8 Å². The number of hydrogen-bond donors (Lipinski definition) is 1. The van der Waals surface area contributed by atoms with Crippen LogP contribution in [0.2, 0.25) is 0 Å². The molecule has 7 nitrogen and oxygen atoms in total. The van der Waals surface area contributed by atoms with Gasteiger partial charge in [-0.15, -0.1) is 5.10 Å². The summed E-state index contributed by atoms with van der Waals surface area (Å²) in [6, 6.07) is 8.01. The fraction of sp³-hybridized carbons (Fsp3) is 0.474. The molecule has 1 amide bonds. The average molecular weight is 388 g/mol. The van der Waals surface area contributed by atoms with Crippen LogP contribution >= 0.6 is 11.8 Å². The number of likely N-dealkylation sites (tertiary alicyclic amines) is 1. The van der Waals surface area contributed by atoms with Gasteiger partial charge in [0.2, 0.25) is 11.1 Å². The number of aromatic amines is 1. The molecule has 1 aliphatic rings. The summed E-state index contributed by atoms with van der Waals surface area (Å²) in [7, 11) is 0. The molecular weight excluding hydrogens is 364 g/mol. The number of aromatic nitrogens is 3. The van der Waals surface area contributed by atoms with Crippen LogP contribution in [0.1, 0.15) is 25.3 Å². The Morgan fingerprint density at radius 2 is 2.11 bits per heavy atom. The minimum absolute atomic E-state index is 0.00400. The van der Waals surface area contributed by atoms with Gasteiger partial charge >= 0.3 is 5.97 Å². The first-order chi connectivity index (χ1) is 13.1. The number of benzene rings is 1. The molecular formula is C19H24N4O3S. The zero-order chi connectivity index (χ0) is 19.2. The number of hydrogen-bond acceptors (Lipinski definition) is 6. The molecule has 0 unspecified atom stereocenters. The van der Waals surface area contributed by atoms with E-state index in [2.05, 4.69) is 15.2 Å². The molecule has 0 bridgehead atoms. The number of thioether (sulfide) groups is 1. The van der Waals surface area contributed by atoms with Gasteiger partial charge in [-0.3, -0.25) is 14.7 Å². The highest BCUT2D eigenvalue weighted by molar-refractivity contribution is 7.99. The zero-order valence-electron chi connectivity index (χ0n) is 15.6. The molecule has 2 aromatic rings. The standard InChI is InChI=1S/C19H24N4O3S/c1-3-26-18(25)15-5-4-10-23(11-15)16(24)12-27-19-20-17(21-22-19)14-8-6-13(2)7-9-14/h6-9,15H,3-5,10-12H2,1-2H3,(H,20,21,22)/t15-/m1/s1. The quantitative estimate of drug-likeness (QED) is 0.605. The monoisotopic (exact) mass is 388 g/mol. The Labute approximate surface area is 162 Å². The van der Waals surface area contributed by atoms with E-state index in [1.165, 1.54) is 17.3 Å². The van der Waals surface area contributed by atoms with Crippen LogP contribution in [0.4, 0.5) is 0 Å². The van der Waals surface area contributed by atoms with E-state index in [9.17, 15) is 9.59 Å². The molecule has 8 heteroatoms. The number of nitrogens with one attached hydrogen (secondary N) is 1. The Morgan fingerprint density at radius 3 is 2.85 bits per heavy atom. The van der Waals surface area contributed by atoms with Crippen molar-refractivity contribution >= 4 is 23.6 Å². The van der Waals surface area contributed by atoms with Crippen LogP contribution in [-0.4, -0.2) is 57.4 Å². The molecule has 1 N–H and O–H groups in total. The smallest absolute Gasteiger partial charge is 0.310 e. The fourth-order valence-corrected chi connectivity index (χ4v) is 3.73. The van der Waals surface area contributed by atoms with Crippen LogP contribution in [0, 0.1) is 12.8 Å². The minimum atomic E-state index is -0.218. The van der Waals surface area contributed by atoms with Crippen LogP contribution < -0.4 is 0 Å². The summed E-state index contributed by atoms with van der Waals surface area (Å²) in [6.07, 6.45) is 1.59. The lowest BCUT2D eigenvalue weighted by atomic mass is 9.98. The van der Waals surface area contributed by atoms with Crippen LogP contribution in [0.5, 0.6) is 0 Å². The molecule has 144 valence electrons. The lowest BCUT2D eigenvalue weighted by molar-refractivity contribution is -0.151. The average Bonchev–Trinajstić information content (AvgIpc) is 3.16. The van der Waals surface area contributed by atoms with Crippen LogP contribution in [0.3, 0.4) is 0 Å². The third kappa shape index (κ3) is 5.09. The first-order valence-electron chi connectivity index (χ1n) is 9.13. The second-order valence-electron chi connectivity index (χ2n) is 6.55. The molecule has 0 aliphatic carbocycles. The number of piperidine rings is 1. The number of amides is 1. The number of carbonyl (C=O) groups excluding carboxylic acids is 2. The maximum atomic E-state index is 12.5. The highest BCUT2D eigenvalue weighted by atomic mass is 32.2. The van der Waals surface area contributed by atoms with Crippen molar-refractivity contribution in [1.29, 1.82) is 0 Å². The van der Waals surface area contributed by atoms with E-state index < -0.39 is 0 Å². The summed E-state index contributed by atoms with van der Waals surface area (Å²) in [4.78, 5) is 30.6. The topological polar surface area (TPSA) is 88.2 Å². The van der Waals surface area contributed by atoms with Crippen molar-refractivity contribution in [2.75, 3.05) is 25.4 Å². The Hall–Kier alpha value is -2.35. The van der Waals surface area contributed by atoms with Crippen molar-refractivity contribution in [2.24, 2.45) is 5.92 Å². The number of carbonyl (C=O) groups is 2. The van der Waals surface area contributed by atoms with Gasteiger partial charge in [0.15, 0.2) is 5.82 Å². The van der Waals surface area contributed by atoms with Crippen molar-refractivity contribution in [1.82, 2.24) is 20.1 Å². The zero-order valence-corrected chi connectivity index (χ0v) is 16.4. The lowest BCUT2D eigenvalue weighted by Crippen LogP contribution is -2.43. The van der Waals surface area contributed by atoms with E-state index in [-0.39, 0.29) is 23.5 Å². The summed E-state index contributed by atoms with van der Waals surface area (Å²) in [5.74, 6) is 0.505. The van der Waals surface area contributed by atoms with Gasteiger partial charge in [0.25, 0.3) is 0 Å². The first-order valence-corrected chi connectivity index (χ1v) is 10.1. The maximum Gasteiger partial charge on any atom is 0.310 e. The van der Waals surface area contributed by atoms with Gasteiger partial charge in [0.05, 0.1) is 18.3 Å². The largest absolute Gasteiger partial charge is 0.466 e. The molecule has 0 saturated carbocycles. The van der Waals surface area contributed by atoms with Gasteiger partial charge in [0, 0.05) is 18.7 Å². The summed E-state index contributed by atoms with van der Waals surface area (Å²) in [5, 5.41) is 7.63. The third-order valence-electron chi connectivity index (χ3n) is 4.51. The summed E-state index contributed by atoms with van der Waals surface area (Å²) in [5.41, 5.74) is 2.14. The van der Waals surface area contributed by atoms with E-state index in [4.69, 9.17) is 4.74 Å². The van der Waals surface area contributed by atoms with Gasteiger partial charge in [-0.2, -0.15) is 0 Å². The first kappa shape index (κ1) is 19.4. The molecule has 1 aromatic carbocycles. The predicted molar refractivity (Wildman–Crippen MR) is 103 cm³/mol. The van der Waals surface area contributed by atoms with Crippen molar-refractivity contribution < 1.29 is 14.3 Å². The van der Waals surface area contributed by atoms with E-state index in [0.717, 1.165) is 18.4 Å². The number of esters is 1. The molecule has 0 radical (unpaired) electrons. The third-order valence-corrected chi connectivity index (χ3v) is 5.34. The van der Waals surface area contributed by atoms with Crippen molar-refractivity contribution in [3.05, 3.63) is 29.8 Å².